The molecule has 2 aromatic rings. The van der Waals surface area contributed by atoms with E-state index in [0.717, 1.165) is 24.2 Å². The summed E-state index contributed by atoms with van der Waals surface area (Å²) in [7, 11) is 0. The minimum Gasteiger partial charge on any atom is -0.385 e. The second-order valence-corrected chi connectivity index (χ2v) is 9.56. The standard InChI is InChI=1S/C26H29N3O4/c1-17-14-26(33,11-12-28(17)15-18-5-3-2-4-6-18)20-7-8-21-19(13-20)16-29(25(21)32)22-9-10-23(30)27-24(22)31/h2-8,13,17,22,33H,9-12,14-16H2,1H3,(H,27,30,31)/t17-,22?,26?/m0/s1. The Balaban J connectivity index is 1.31. The summed E-state index contributed by atoms with van der Waals surface area (Å²) in [4.78, 5) is 40.6. The van der Waals surface area contributed by atoms with Crippen molar-refractivity contribution in [2.45, 2.75) is 63.4 Å². The fourth-order valence-electron chi connectivity index (χ4n) is 5.45. The number of nitrogens with one attached hydrogen (secondary N) is 1. The third kappa shape index (κ3) is 4.07. The van der Waals surface area contributed by atoms with E-state index in [4.69, 9.17) is 0 Å². The molecule has 0 spiro atoms. The van der Waals surface area contributed by atoms with E-state index in [1.807, 2.05) is 30.3 Å². The van der Waals surface area contributed by atoms with Crippen molar-refractivity contribution in [2.75, 3.05) is 6.54 Å². The maximum Gasteiger partial charge on any atom is 0.255 e. The van der Waals surface area contributed by atoms with Crippen LogP contribution >= 0.6 is 0 Å². The molecule has 2 unspecified atom stereocenters. The average Bonchev–Trinajstić information content (AvgIpc) is 3.12. The maximum absolute atomic E-state index is 13.0. The molecule has 5 rings (SSSR count). The Morgan fingerprint density at radius 2 is 1.91 bits per heavy atom. The lowest BCUT2D eigenvalue weighted by Gasteiger charge is -2.43. The molecule has 3 amide bonds. The topological polar surface area (TPSA) is 90.0 Å². The normalized spacial score (nSPS) is 28.1. The second kappa shape index (κ2) is 8.39. The van der Waals surface area contributed by atoms with Crippen LogP contribution in [0.5, 0.6) is 0 Å². The predicted molar refractivity (Wildman–Crippen MR) is 122 cm³/mol. The summed E-state index contributed by atoms with van der Waals surface area (Å²) in [5.41, 5.74) is 2.54. The molecular formula is C26H29N3O4. The van der Waals surface area contributed by atoms with Crippen molar-refractivity contribution in [2.24, 2.45) is 0 Å². The molecule has 0 radical (unpaired) electrons. The van der Waals surface area contributed by atoms with Gasteiger partial charge in [0.15, 0.2) is 0 Å². The minimum absolute atomic E-state index is 0.191. The van der Waals surface area contributed by atoms with E-state index in [1.165, 1.54) is 5.56 Å². The molecule has 3 atom stereocenters. The van der Waals surface area contributed by atoms with Gasteiger partial charge in [-0.05, 0) is 48.9 Å². The number of nitrogens with zero attached hydrogens (tertiary/aromatic N) is 2. The van der Waals surface area contributed by atoms with Crippen LogP contribution in [0.4, 0.5) is 0 Å². The summed E-state index contributed by atoms with van der Waals surface area (Å²) in [5.74, 6) is -0.896. The molecule has 7 heteroatoms. The summed E-state index contributed by atoms with van der Waals surface area (Å²) in [5, 5.41) is 13.9. The molecule has 3 aliphatic rings. The fourth-order valence-corrected chi connectivity index (χ4v) is 5.45. The molecule has 2 aromatic carbocycles. The highest BCUT2D eigenvalue weighted by Crippen LogP contribution is 2.38. The Labute approximate surface area is 193 Å². The number of rotatable bonds is 4. The summed E-state index contributed by atoms with van der Waals surface area (Å²) < 4.78 is 0. The van der Waals surface area contributed by atoms with Gasteiger partial charge in [-0.15, -0.1) is 0 Å². The molecule has 3 heterocycles. The molecule has 2 N–H and O–H groups in total. The van der Waals surface area contributed by atoms with Crippen molar-refractivity contribution in [3.63, 3.8) is 0 Å². The van der Waals surface area contributed by atoms with E-state index in [2.05, 4.69) is 29.3 Å². The van der Waals surface area contributed by atoms with Gasteiger partial charge in [0, 0.05) is 37.7 Å². The Hall–Kier alpha value is -3.03. The van der Waals surface area contributed by atoms with Crippen LogP contribution in [-0.4, -0.2) is 51.3 Å². The van der Waals surface area contributed by atoms with Gasteiger partial charge in [-0.2, -0.15) is 0 Å². The van der Waals surface area contributed by atoms with Gasteiger partial charge in [0.25, 0.3) is 5.91 Å². The first-order valence-corrected chi connectivity index (χ1v) is 11.6. The molecule has 0 saturated carbocycles. The first kappa shape index (κ1) is 21.8. The van der Waals surface area contributed by atoms with Gasteiger partial charge in [0.05, 0.1) is 5.60 Å². The van der Waals surface area contributed by atoms with Crippen molar-refractivity contribution in [3.05, 3.63) is 70.8 Å². The highest BCUT2D eigenvalue weighted by Gasteiger charge is 2.41. The van der Waals surface area contributed by atoms with Gasteiger partial charge in [-0.1, -0.05) is 42.5 Å². The number of imide groups is 1. The van der Waals surface area contributed by atoms with Crippen LogP contribution in [0.2, 0.25) is 0 Å². The first-order valence-electron chi connectivity index (χ1n) is 11.6. The van der Waals surface area contributed by atoms with Crippen LogP contribution in [0, 0.1) is 0 Å². The molecule has 33 heavy (non-hydrogen) atoms. The summed E-state index contributed by atoms with van der Waals surface area (Å²) >= 11 is 0. The Morgan fingerprint density at radius 3 is 2.64 bits per heavy atom. The molecule has 2 fully saturated rings. The number of fused-ring (bicyclic) bond motifs is 1. The van der Waals surface area contributed by atoms with E-state index in [-0.39, 0.29) is 24.3 Å². The van der Waals surface area contributed by atoms with Gasteiger partial charge in [0.2, 0.25) is 11.8 Å². The summed E-state index contributed by atoms with van der Waals surface area (Å²) in [6, 6.07) is 15.5. The number of hydrogen-bond donors (Lipinski definition) is 2. The van der Waals surface area contributed by atoms with Crippen molar-refractivity contribution in [1.29, 1.82) is 0 Å². The molecule has 7 nitrogen and oxygen atoms in total. The van der Waals surface area contributed by atoms with Crippen molar-refractivity contribution < 1.29 is 19.5 Å². The first-order chi connectivity index (χ1) is 15.8. The quantitative estimate of drug-likeness (QED) is 0.702. The van der Waals surface area contributed by atoms with E-state index >= 15 is 0 Å². The second-order valence-electron chi connectivity index (χ2n) is 9.56. The number of aliphatic hydroxyl groups is 1. The Morgan fingerprint density at radius 1 is 1.12 bits per heavy atom. The van der Waals surface area contributed by atoms with Crippen LogP contribution < -0.4 is 5.32 Å². The van der Waals surface area contributed by atoms with Gasteiger partial charge in [-0.25, -0.2) is 0 Å². The zero-order valence-electron chi connectivity index (χ0n) is 18.8. The molecule has 2 saturated heterocycles. The highest BCUT2D eigenvalue weighted by atomic mass is 16.3. The fraction of sp³-hybridized carbons (Fsp3) is 0.423. The third-order valence-electron chi connectivity index (χ3n) is 7.36. The lowest BCUT2D eigenvalue weighted by Crippen LogP contribution is -2.52. The van der Waals surface area contributed by atoms with Gasteiger partial charge in [-0.3, -0.25) is 24.6 Å². The predicted octanol–water partition coefficient (Wildman–Crippen LogP) is 2.32. The van der Waals surface area contributed by atoms with E-state index < -0.39 is 17.6 Å². The van der Waals surface area contributed by atoms with Crippen LogP contribution in [0.1, 0.15) is 59.7 Å². The molecule has 0 aromatic heterocycles. The van der Waals surface area contributed by atoms with Crippen LogP contribution in [0.15, 0.2) is 48.5 Å². The third-order valence-corrected chi connectivity index (χ3v) is 7.36. The van der Waals surface area contributed by atoms with Crippen molar-refractivity contribution >= 4 is 17.7 Å². The zero-order valence-corrected chi connectivity index (χ0v) is 18.8. The largest absolute Gasteiger partial charge is 0.385 e. The van der Waals surface area contributed by atoms with Crippen molar-refractivity contribution in [1.82, 2.24) is 15.1 Å². The zero-order chi connectivity index (χ0) is 23.2. The summed E-state index contributed by atoms with van der Waals surface area (Å²) in [6.07, 6.45) is 1.81. The van der Waals surface area contributed by atoms with Gasteiger partial charge >= 0.3 is 0 Å². The number of benzene rings is 2. The number of piperidine rings is 2. The SMILES string of the molecule is C[C@H]1CC(O)(c2ccc3c(c2)CN(C2CCC(=O)NC2=O)C3=O)CCN1Cc1ccccc1. The molecule has 0 bridgehead atoms. The van der Waals surface area contributed by atoms with E-state index in [0.29, 0.717) is 31.4 Å². The van der Waals surface area contributed by atoms with E-state index in [1.54, 1.807) is 11.0 Å². The minimum atomic E-state index is -0.952. The maximum atomic E-state index is 13.0. The number of carbonyl (C=O) groups is 3. The van der Waals surface area contributed by atoms with Gasteiger partial charge in [0.1, 0.15) is 6.04 Å². The molecule has 3 aliphatic heterocycles. The van der Waals surface area contributed by atoms with E-state index in [9.17, 15) is 19.5 Å². The van der Waals surface area contributed by atoms with Crippen LogP contribution in [0.25, 0.3) is 0 Å². The Kier molecular flexibility index (Phi) is 5.54. The number of hydrogen-bond acceptors (Lipinski definition) is 5. The van der Waals surface area contributed by atoms with Crippen LogP contribution in [0.3, 0.4) is 0 Å². The van der Waals surface area contributed by atoms with Gasteiger partial charge < -0.3 is 10.0 Å². The van der Waals surface area contributed by atoms with Crippen LogP contribution in [-0.2, 0) is 28.3 Å². The summed E-state index contributed by atoms with van der Waals surface area (Å²) in [6.45, 7) is 4.11. The lowest BCUT2D eigenvalue weighted by atomic mass is 9.80. The molecule has 0 aliphatic carbocycles. The number of carbonyl (C=O) groups excluding carboxylic acids is 3. The Bertz CT molecular complexity index is 1100. The molecular weight excluding hydrogens is 418 g/mol. The smallest absolute Gasteiger partial charge is 0.255 e. The van der Waals surface area contributed by atoms with Crippen molar-refractivity contribution in [3.8, 4) is 0 Å². The number of likely N-dealkylation sites (tertiary alicyclic amines) is 1. The average molecular weight is 448 g/mol. The number of amides is 3. The monoisotopic (exact) mass is 447 g/mol. The lowest BCUT2D eigenvalue weighted by molar-refractivity contribution is -0.136. The molecule has 172 valence electrons. The highest BCUT2D eigenvalue weighted by molar-refractivity contribution is 6.05.